The predicted octanol–water partition coefficient (Wildman–Crippen LogP) is 1.84. The Bertz CT molecular complexity index is 558. The first kappa shape index (κ1) is 13.6. The maximum Gasteiger partial charge on any atom is 0.0917 e. The third-order valence-electron chi connectivity index (χ3n) is 4.31. The van der Waals surface area contributed by atoms with E-state index in [0.29, 0.717) is 0 Å². The molecule has 1 aliphatic heterocycles. The van der Waals surface area contributed by atoms with Gasteiger partial charge >= 0.3 is 0 Å². The summed E-state index contributed by atoms with van der Waals surface area (Å²) in [5, 5.41) is 11.6. The Labute approximate surface area is 120 Å². The highest BCUT2D eigenvalue weighted by molar-refractivity contribution is 5.79. The molecule has 2 aromatic rings. The third kappa shape index (κ3) is 2.87. The van der Waals surface area contributed by atoms with E-state index in [1.54, 1.807) is 0 Å². The summed E-state index contributed by atoms with van der Waals surface area (Å²) < 4.78 is 0. The van der Waals surface area contributed by atoms with E-state index >= 15 is 0 Å². The van der Waals surface area contributed by atoms with Crippen molar-refractivity contribution in [2.24, 2.45) is 0 Å². The quantitative estimate of drug-likeness (QED) is 0.893. The molecule has 1 fully saturated rings. The van der Waals surface area contributed by atoms with E-state index in [0.717, 1.165) is 50.3 Å². The fourth-order valence-electron chi connectivity index (χ4n) is 2.91. The smallest absolute Gasteiger partial charge is 0.0917 e. The van der Waals surface area contributed by atoms with Crippen molar-refractivity contribution in [3.05, 3.63) is 36.0 Å². The molecule has 1 saturated heterocycles. The monoisotopic (exact) mass is 273 g/mol. The topological polar surface area (TPSA) is 42.5 Å². The van der Waals surface area contributed by atoms with Crippen LogP contribution in [0.1, 0.15) is 18.6 Å². The Morgan fingerprint density at radius 1 is 1.15 bits per heavy atom. The Balaban J connectivity index is 1.62. The second kappa shape index (κ2) is 5.95. The summed E-state index contributed by atoms with van der Waals surface area (Å²) in [5.74, 6) is 0. The van der Waals surface area contributed by atoms with Gasteiger partial charge in [-0.25, -0.2) is 0 Å². The minimum atomic E-state index is -0.407. The molecule has 0 saturated carbocycles. The van der Waals surface area contributed by atoms with Crippen LogP contribution in [0, 0.1) is 0 Å². The highest BCUT2D eigenvalue weighted by Crippen LogP contribution is 2.20. The molecular weight excluding hydrogens is 250 g/mol. The van der Waals surface area contributed by atoms with Gasteiger partial charge in [-0.15, -0.1) is 0 Å². The van der Waals surface area contributed by atoms with Crippen molar-refractivity contribution in [2.45, 2.75) is 13.0 Å². The minimum absolute atomic E-state index is 0.407. The largest absolute Gasteiger partial charge is 0.387 e. The van der Waals surface area contributed by atoms with Crippen molar-refractivity contribution in [1.29, 1.82) is 0 Å². The molecule has 2 heterocycles. The summed E-state index contributed by atoms with van der Waals surface area (Å²) in [6, 6.07) is 8.21. The maximum atomic E-state index is 10.4. The number of aliphatic hydroxyl groups excluding tert-OH is 1. The molecule has 1 aromatic carbocycles. The number of rotatable bonds is 4. The number of H-pyrrole nitrogens is 1. The molecule has 0 bridgehead atoms. The van der Waals surface area contributed by atoms with Crippen LogP contribution in [0.25, 0.3) is 10.9 Å². The molecule has 3 rings (SSSR count). The zero-order chi connectivity index (χ0) is 13.9. The zero-order valence-corrected chi connectivity index (χ0v) is 12.0. The molecule has 0 amide bonds. The number of nitrogens with zero attached hydrogens (tertiary/aromatic N) is 2. The van der Waals surface area contributed by atoms with E-state index in [1.165, 1.54) is 5.39 Å². The van der Waals surface area contributed by atoms with Gasteiger partial charge < -0.3 is 15.0 Å². The van der Waals surface area contributed by atoms with Crippen LogP contribution in [0.15, 0.2) is 30.5 Å². The molecule has 4 nitrogen and oxygen atoms in total. The Morgan fingerprint density at radius 3 is 2.65 bits per heavy atom. The van der Waals surface area contributed by atoms with Gasteiger partial charge in [0.05, 0.1) is 6.10 Å². The summed E-state index contributed by atoms with van der Waals surface area (Å²) >= 11 is 0. The van der Waals surface area contributed by atoms with Crippen molar-refractivity contribution in [3.63, 3.8) is 0 Å². The highest BCUT2D eigenvalue weighted by atomic mass is 16.3. The van der Waals surface area contributed by atoms with E-state index in [2.05, 4.69) is 39.9 Å². The first-order valence-electron chi connectivity index (χ1n) is 7.46. The van der Waals surface area contributed by atoms with E-state index in [4.69, 9.17) is 0 Å². The van der Waals surface area contributed by atoms with Gasteiger partial charge in [0.15, 0.2) is 0 Å². The second-order valence-corrected chi connectivity index (χ2v) is 5.58. The standard InChI is InChI=1S/C16H23N3O/c1-2-18-7-9-19(10-8-18)12-16(20)14-4-3-13-5-6-17-15(13)11-14/h3-6,11,16-17,20H,2,7-10,12H2,1H3. The molecule has 1 atom stereocenters. The number of likely N-dealkylation sites (N-methyl/N-ethyl adjacent to an activating group) is 1. The number of benzene rings is 1. The van der Waals surface area contributed by atoms with Crippen molar-refractivity contribution >= 4 is 10.9 Å². The molecule has 1 unspecified atom stereocenters. The average molecular weight is 273 g/mol. The lowest BCUT2D eigenvalue weighted by atomic mass is 10.1. The number of fused-ring (bicyclic) bond motifs is 1. The predicted molar refractivity (Wildman–Crippen MR) is 81.8 cm³/mol. The summed E-state index contributed by atoms with van der Waals surface area (Å²) in [6.07, 6.45) is 1.53. The summed E-state index contributed by atoms with van der Waals surface area (Å²) in [6.45, 7) is 8.38. The van der Waals surface area contributed by atoms with Crippen LogP contribution in [0.2, 0.25) is 0 Å². The van der Waals surface area contributed by atoms with Crippen LogP contribution in [-0.4, -0.2) is 59.2 Å². The first-order valence-corrected chi connectivity index (χ1v) is 7.46. The van der Waals surface area contributed by atoms with Gasteiger partial charge in [0.1, 0.15) is 0 Å². The van der Waals surface area contributed by atoms with Gasteiger partial charge in [-0.2, -0.15) is 0 Å². The van der Waals surface area contributed by atoms with Gasteiger partial charge in [-0.3, -0.25) is 4.90 Å². The highest BCUT2D eigenvalue weighted by Gasteiger charge is 2.19. The zero-order valence-electron chi connectivity index (χ0n) is 12.0. The van der Waals surface area contributed by atoms with Crippen LogP contribution < -0.4 is 0 Å². The number of piperazine rings is 1. The summed E-state index contributed by atoms with van der Waals surface area (Å²) in [4.78, 5) is 8.01. The Hall–Kier alpha value is -1.36. The van der Waals surface area contributed by atoms with E-state index < -0.39 is 6.10 Å². The number of aromatic nitrogens is 1. The van der Waals surface area contributed by atoms with Gasteiger partial charge in [0.25, 0.3) is 0 Å². The van der Waals surface area contributed by atoms with Crippen LogP contribution in [0.5, 0.6) is 0 Å². The molecule has 0 radical (unpaired) electrons. The number of hydrogen-bond acceptors (Lipinski definition) is 3. The second-order valence-electron chi connectivity index (χ2n) is 5.58. The van der Waals surface area contributed by atoms with E-state index in [9.17, 15) is 5.11 Å². The lowest BCUT2D eigenvalue weighted by molar-refractivity contribution is 0.0744. The van der Waals surface area contributed by atoms with Crippen LogP contribution >= 0.6 is 0 Å². The molecule has 4 heteroatoms. The van der Waals surface area contributed by atoms with Crippen molar-refractivity contribution in [1.82, 2.24) is 14.8 Å². The third-order valence-corrected chi connectivity index (χ3v) is 4.31. The number of aliphatic hydroxyl groups is 1. The van der Waals surface area contributed by atoms with Gasteiger partial charge in [0, 0.05) is 44.4 Å². The van der Waals surface area contributed by atoms with E-state index in [1.807, 2.05) is 12.3 Å². The first-order chi connectivity index (χ1) is 9.76. The lowest BCUT2D eigenvalue weighted by Crippen LogP contribution is -2.47. The molecule has 20 heavy (non-hydrogen) atoms. The average Bonchev–Trinajstić information content (AvgIpc) is 2.95. The number of hydrogen-bond donors (Lipinski definition) is 2. The molecule has 108 valence electrons. The molecule has 1 aliphatic rings. The molecule has 2 N–H and O–H groups in total. The Morgan fingerprint density at radius 2 is 1.90 bits per heavy atom. The van der Waals surface area contributed by atoms with Crippen molar-refractivity contribution in [2.75, 3.05) is 39.3 Å². The molecular formula is C16H23N3O. The number of aromatic amines is 1. The summed E-state index contributed by atoms with van der Waals surface area (Å²) in [5.41, 5.74) is 2.09. The van der Waals surface area contributed by atoms with Crippen molar-refractivity contribution in [3.8, 4) is 0 Å². The van der Waals surface area contributed by atoms with Crippen LogP contribution in [0.3, 0.4) is 0 Å². The fraction of sp³-hybridized carbons (Fsp3) is 0.500. The maximum absolute atomic E-state index is 10.4. The molecule has 0 aliphatic carbocycles. The van der Waals surface area contributed by atoms with E-state index in [-0.39, 0.29) is 0 Å². The molecule has 0 spiro atoms. The fourth-order valence-corrected chi connectivity index (χ4v) is 2.91. The lowest BCUT2D eigenvalue weighted by Gasteiger charge is -2.35. The van der Waals surface area contributed by atoms with Gasteiger partial charge in [0.2, 0.25) is 0 Å². The van der Waals surface area contributed by atoms with Gasteiger partial charge in [-0.05, 0) is 29.6 Å². The normalized spacial score (nSPS) is 19.5. The minimum Gasteiger partial charge on any atom is -0.387 e. The number of β-amino-alcohol motifs (C(OH)–C–C–N with tert-alkyl or cyclic N) is 1. The Kier molecular flexibility index (Phi) is 4.05. The number of nitrogens with one attached hydrogen (secondary N) is 1. The SMILES string of the molecule is CCN1CCN(CC(O)c2ccc3cc[nH]c3c2)CC1. The molecule has 1 aromatic heterocycles. The van der Waals surface area contributed by atoms with Crippen LogP contribution in [0.4, 0.5) is 0 Å². The van der Waals surface area contributed by atoms with Gasteiger partial charge in [-0.1, -0.05) is 19.1 Å². The summed E-state index contributed by atoms with van der Waals surface area (Å²) in [7, 11) is 0. The van der Waals surface area contributed by atoms with Crippen molar-refractivity contribution < 1.29 is 5.11 Å². The van der Waals surface area contributed by atoms with Crippen LogP contribution in [-0.2, 0) is 0 Å².